The summed E-state index contributed by atoms with van der Waals surface area (Å²) in [6, 6.07) is 9.64. The number of halogens is 4. The summed E-state index contributed by atoms with van der Waals surface area (Å²) in [6.07, 6.45) is -2.88. The number of benzene rings is 2. The van der Waals surface area contributed by atoms with Crippen molar-refractivity contribution in [1.82, 2.24) is 19.7 Å². The van der Waals surface area contributed by atoms with E-state index in [1.807, 2.05) is 0 Å². The minimum Gasteiger partial charge on any atom is -0.383 e. The summed E-state index contributed by atoms with van der Waals surface area (Å²) in [4.78, 5) is 17.1. The minimum atomic E-state index is -4.62. The van der Waals surface area contributed by atoms with Crippen LogP contribution >= 0.6 is 0 Å². The first-order chi connectivity index (χ1) is 19.6. The molecule has 12 heteroatoms. The first-order valence-corrected chi connectivity index (χ1v) is 13.6. The molecule has 0 bridgehead atoms. The van der Waals surface area contributed by atoms with Gasteiger partial charge < -0.3 is 18.9 Å². The quantitative estimate of drug-likeness (QED) is 0.368. The number of alkyl halides is 4. The lowest BCUT2D eigenvalue weighted by molar-refractivity contribution is -0.138. The Balaban J connectivity index is 1.32. The number of hydrogen-bond acceptors (Lipinski definition) is 6. The third-order valence-corrected chi connectivity index (χ3v) is 8.56. The number of ether oxygens (including phenoxy) is 2. The fraction of sp³-hybridized carbons (Fsp3) is 0.483. The zero-order chi connectivity index (χ0) is 28.9. The highest BCUT2D eigenvalue weighted by Crippen LogP contribution is 2.47. The van der Waals surface area contributed by atoms with Gasteiger partial charge in [-0.1, -0.05) is 12.1 Å². The lowest BCUT2D eigenvalue weighted by Gasteiger charge is -2.43. The third-order valence-electron chi connectivity index (χ3n) is 8.56. The molecule has 2 fully saturated rings. The molecule has 0 spiro atoms. The predicted molar refractivity (Wildman–Crippen MR) is 141 cm³/mol. The second-order valence-corrected chi connectivity index (χ2v) is 11.1. The van der Waals surface area contributed by atoms with Gasteiger partial charge in [0.05, 0.1) is 37.3 Å². The van der Waals surface area contributed by atoms with Crippen LogP contribution in [0.4, 0.5) is 23.2 Å². The van der Waals surface area contributed by atoms with E-state index in [-0.39, 0.29) is 42.8 Å². The Kier molecular flexibility index (Phi) is 7.11. The Morgan fingerprint density at radius 2 is 2.02 bits per heavy atom. The molecule has 0 aliphatic carbocycles. The first-order valence-electron chi connectivity index (χ1n) is 13.6. The largest absolute Gasteiger partial charge is 0.416 e. The molecule has 41 heavy (non-hydrogen) atoms. The molecule has 6 rings (SSSR count). The maximum absolute atomic E-state index is 15.9. The zero-order valence-corrected chi connectivity index (χ0v) is 22.8. The van der Waals surface area contributed by atoms with Crippen molar-refractivity contribution in [1.29, 1.82) is 0 Å². The molecule has 2 saturated heterocycles. The van der Waals surface area contributed by atoms with Gasteiger partial charge in [0.2, 0.25) is 0 Å². The van der Waals surface area contributed by atoms with Crippen LogP contribution in [-0.2, 0) is 41.2 Å². The number of amides is 1. The Labute approximate surface area is 234 Å². The highest BCUT2D eigenvalue weighted by atomic mass is 19.4. The van der Waals surface area contributed by atoms with E-state index >= 15 is 4.39 Å². The van der Waals surface area contributed by atoms with Crippen molar-refractivity contribution in [2.24, 2.45) is 7.05 Å². The average Bonchev–Trinajstić information content (AvgIpc) is 3.62. The summed E-state index contributed by atoms with van der Waals surface area (Å²) in [7, 11) is 3.26. The number of rotatable bonds is 8. The van der Waals surface area contributed by atoms with E-state index in [1.165, 1.54) is 21.9 Å². The number of nitrogens with zero attached hydrogens (tertiary/aromatic N) is 5. The Morgan fingerprint density at radius 3 is 2.68 bits per heavy atom. The van der Waals surface area contributed by atoms with Gasteiger partial charge in [-0.15, -0.1) is 10.2 Å². The van der Waals surface area contributed by atoms with E-state index in [9.17, 15) is 18.0 Å². The highest BCUT2D eigenvalue weighted by molar-refractivity contribution is 6.10. The molecule has 3 aromatic rings. The molecule has 1 amide bonds. The highest BCUT2D eigenvalue weighted by Gasteiger charge is 2.51. The van der Waals surface area contributed by atoms with Gasteiger partial charge in [-0.25, -0.2) is 4.39 Å². The topological polar surface area (TPSA) is 72.7 Å². The summed E-state index contributed by atoms with van der Waals surface area (Å²) in [6.45, 7) is 1.53. The smallest absolute Gasteiger partial charge is 0.383 e. The van der Waals surface area contributed by atoms with Crippen LogP contribution in [0.3, 0.4) is 0 Å². The van der Waals surface area contributed by atoms with Gasteiger partial charge in [0.15, 0.2) is 12.0 Å². The van der Waals surface area contributed by atoms with Crippen LogP contribution in [0.25, 0.3) is 0 Å². The molecule has 0 saturated carbocycles. The van der Waals surface area contributed by atoms with E-state index in [4.69, 9.17) is 9.47 Å². The van der Waals surface area contributed by atoms with Crippen LogP contribution in [0.15, 0.2) is 42.7 Å². The molecular weight excluding hydrogens is 542 g/mol. The van der Waals surface area contributed by atoms with E-state index in [0.29, 0.717) is 30.0 Å². The molecule has 4 heterocycles. The second kappa shape index (κ2) is 10.5. The minimum absolute atomic E-state index is 0.0457. The van der Waals surface area contributed by atoms with Crippen LogP contribution in [0.5, 0.6) is 0 Å². The SMILES string of the molecule is COC[C@H]1CCCN1Cc1cc2c(c(C(F)(F)F)c1)CN(c1cccc(C3([C@@H](F)c4nncn4C)COC3)c1)C2=O. The number of anilines is 1. The van der Waals surface area contributed by atoms with E-state index in [1.54, 1.807) is 44.5 Å². The van der Waals surface area contributed by atoms with Crippen LogP contribution in [0.2, 0.25) is 0 Å². The first kappa shape index (κ1) is 27.8. The van der Waals surface area contributed by atoms with Crippen LogP contribution < -0.4 is 4.90 Å². The lowest BCUT2D eigenvalue weighted by atomic mass is 9.74. The maximum Gasteiger partial charge on any atom is 0.416 e. The molecule has 2 aromatic carbocycles. The van der Waals surface area contributed by atoms with Gasteiger partial charge >= 0.3 is 6.18 Å². The van der Waals surface area contributed by atoms with Gasteiger partial charge in [0.25, 0.3) is 5.91 Å². The third kappa shape index (κ3) is 4.81. The normalized spacial score (nSPS) is 21.3. The molecule has 3 aliphatic heterocycles. The van der Waals surface area contributed by atoms with E-state index in [0.717, 1.165) is 19.4 Å². The molecule has 3 aliphatic rings. The number of carbonyl (C=O) groups is 1. The van der Waals surface area contributed by atoms with Crippen molar-refractivity contribution in [2.45, 2.75) is 49.7 Å². The molecule has 0 radical (unpaired) electrons. The van der Waals surface area contributed by atoms with Gasteiger partial charge in [-0.05, 0) is 60.3 Å². The summed E-state index contributed by atoms with van der Waals surface area (Å²) < 4.78 is 70.9. The zero-order valence-electron chi connectivity index (χ0n) is 22.8. The maximum atomic E-state index is 15.9. The van der Waals surface area contributed by atoms with Gasteiger partial charge in [0, 0.05) is 38.0 Å². The van der Waals surface area contributed by atoms with Gasteiger partial charge in [-0.3, -0.25) is 9.69 Å². The fourth-order valence-corrected chi connectivity index (χ4v) is 6.27. The molecular formula is C29H31F4N5O3. The molecule has 1 aromatic heterocycles. The molecule has 8 nitrogen and oxygen atoms in total. The predicted octanol–water partition coefficient (Wildman–Crippen LogP) is 4.58. The molecule has 218 valence electrons. The average molecular weight is 574 g/mol. The van der Waals surface area contributed by atoms with Crippen molar-refractivity contribution in [2.75, 3.05) is 38.4 Å². The van der Waals surface area contributed by atoms with Crippen molar-refractivity contribution in [3.63, 3.8) is 0 Å². The van der Waals surface area contributed by atoms with Crippen molar-refractivity contribution >= 4 is 11.6 Å². The standard InChI is InChI=1S/C29H31F4N5O3/c1-36-17-34-35-26(36)25(30)28(15-41-16-28)19-5-3-6-20(11-19)38-13-23-22(27(38)39)9-18(10-24(23)29(31,32)33)12-37-8-4-7-21(37)14-40-2/h3,5-6,9-11,17,21,25H,4,7-8,12-16H2,1-2H3/t21-,25+/m1/s1. The second-order valence-electron chi connectivity index (χ2n) is 11.1. The number of aromatic nitrogens is 3. The Hall–Kier alpha value is -3.35. The van der Waals surface area contributed by atoms with E-state index < -0.39 is 29.2 Å². The number of carbonyl (C=O) groups excluding carboxylic acids is 1. The summed E-state index contributed by atoms with van der Waals surface area (Å²) in [5, 5.41) is 7.70. The monoisotopic (exact) mass is 573 g/mol. The van der Waals surface area contributed by atoms with Crippen LogP contribution in [-0.4, -0.2) is 65.1 Å². The van der Waals surface area contributed by atoms with Gasteiger partial charge in [-0.2, -0.15) is 13.2 Å². The number of methoxy groups -OCH3 is 1. The fourth-order valence-electron chi connectivity index (χ4n) is 6.27. The molecule has 0 N–H and O–H groups in total. The van der Waals surface area contributed by atoms with E-state index in [2.05, 4.69) is 15.1 Å². The van der Waals surface area contributed by atoms with Crippen LogP contribution in [0, 0.1) is 0 Å². The lowest BCUT2D eigenvalue weighted by Crippen LogP contribution is -2.50. The number of likely N-dealkylation sites (tertiary alicyclic amines) is 1. The number of aryl methyl sites for hydroxylation is 1. The molecule has 2 atom stereocenters. The summed E-state index contributed by atoms with van der Waals surface area (Å²) in [5.74, 6) is -0.361. The number of hydrogen-bond donors (Lipinski definition) is 0. The summed E-state index contributed by atoms with van der Waals surface area (Å²) in [5.41, 5.74) is -0.426. The van der Waals surface area contributed by atoms with Crippen LogP contribution in [0.1, 0.15) is 57.4 Å². The van der Waals surface area contributed by atoms with Crippen molar-refractivity contribution < 1.29 is 31.8 Å². The van der Waals surface area contributed by atoms with Crippen molar-refractivity contribution in [3.8, 4) is 0 Å². The number of fused-ring (bicyclic) bond motifs is 1. The van der Waals surface area contributed by atoms with Gasteiger partial charge in [0.1, 0.15) is 6.33 Å². The Bertz CT molecular complexity index is 1450. The molecule has 0 unspecified atom stereocenters. The van der Waals surface area contributed by atoms with Crippen molar-refractivity contribution in [3.05, 3.63) is 76.4 Å². The Morgan fingerprint density at radius 1 is 1.22 bits per heavy atom. The summed E-state index contributed by atoms with van der Waals surface area (Å²) >= 11 is 0.